The fourth-order valence-electron chi connectivity index (χ4n) is 4.70. The summed E-state index contributed by atoms with van der Waals surface area (Å²) in [6.07, 6.45) is 0.725. The molecular weight excluding hydrogens is 560 g/mol. The number of benzene rings is 4. The van der Waals surface area contributed by atoms with Crippen molar-refractivity contribution in [3.8, 4) is 17.2 Å². The van der Waals surface area contributed by atoms with E-state index in [1.807, 2.05) is 49.4 Å². The Hall–Kier alpha value is -5.70. The molecule has 0 aliphatic rings. The lowest BCUT2D eigenvalue weighted by molar-refractivity contribution is -0.137. The topological polar surface area (TPSA) is 139 Å². The van der Waals surface area contributed by atoms with Crippen LogP contribution in [0, 0.1) is 6.92 Å². The lowest BCUT2D eigenvalue weighted by Crippen LogP contribution is -2.32. The maximum absolute atomic E-state index is 13.2. The van der Waals surface area contributed by atoms with E-state index in [4.69, 9.17) is 14.3 Å². The van der Waals surface area contributed by atoms with Crippen molar-refractivity contribution in [1.82, 2.24) is 4.98 Å². The Labute approximate surface area is 253 Å². The highest BCUT2D eigenvalue weighted by Gasteiger charge is 2.22. The summed E-state index contributed by atoms with van der Waals surface area (Å²) < 4.78 is 11.7. The molecule has 222 valence electrons. The number of aromatic carboxylic acids is 1. The van der Waals surface area contributed by atoms with Gasteiger partial charge in [-0.1, -0.05) is 54.6 Å². The Morgan fingerprint density at radius 1 is 0.841 bits per heavy atom. The first kappa shape index (κ1) is 29.8. The number of carbonyl (C=O) groups is 3. The maximum Gasteiger partial charge on any atom is 0.335 e. The van der Waals surface area contributed by atoms with E-state index in [1.165, 1.54) is 24.3 Å². The monoisotopic (exact) mass is 590 g/mol. The quantitative estimate of drug-likeness (QED) is 0.135. The van der Waals surface area contributed by atoms with Gasteiger partial charge in [0.25, 0.3) is 0 Å². The van der Waals surface area contributed by atoms with E-state index in [0.29, 0.717) is 35.9 Å². The Morgan fingerprint density at radius 3 is 2.18 bits per heavy atom. The number of oxazole rings is 1. The molecule has 0 bridgehead atoms. The molecule has 0 fully saturated rings. The summed E-state index contributed by atoms with van der Waals surface area (Å²) in [4.78, 5) is 41.1. The fraction of sp³-hybridized carbons (Fsp3) is 0.143. The van der Waals surface area contributed by atoms with E-state index >= 15 is 0 Å². The van der Waals surface area contributed by atoms with E-state index in [-0.39, 0.29) is 23.3 Å². The van der Waals surface area contributed by atoms with Gasteiger partial charge < -0.3 is 24.7 Å². The molecule has 5 aromatic rings. The van der Waals surface area contributed by atoms with Crippen molar-refractivity contribution >= 4 is 23.4 Å². The number of carboxylic acid groups (broad SMARTS) is 2. The van der Waals surface area contributed by atoms with Gasteiger partial charge in [0.05, 0.1) is 17.9 Å². The van der Waals surface area contributed by atoms with E-state index in [9.17, 15) is 19.5 Å². The van der Waals surface area contributed by atoms with Gasteiger partial charge in [0.1, 0.15) is 17.6 Å². The maximum atomic E-state index is 13.2. The smallest absolute Gasteiger partial charge is 0.335 e. The first-order chi connectivity index (χ1) is 21.3. The number of aromatic nitrogens is 1. The normalized spacial score (nSPS) is 11.5. The zero-order valence-corrected chi connectivity index (χ0v) is 23.9. The van der Waals surface area contributed by atoms with Crippen LogP contribution in [0.4, 0.5) is 5.69 Å². The highest BCUT2D eigenvalue weighted by atomic mass is 16.5. The van der Waals surface area contributed by atoms with Crippen LogP contribution in [-0.2, 0) is 17.6 Å². The van der Waals surface area contributed by atoms with Gasteiger partial charge in [0.2, 0.25) is 5.89 Å². The molecule has 0 radical (unpaired) electrons. The largest absolute Gasteiger partial charge is 0.493 e. The van der Waals surface area contributed by atoms with Crippen LogP contribution < -0.4 is 10.1 Å². The molecule has 3 N–H and O–H groups in total. The lowest BCUT2D eigenvalue weighted by Gasteiger charge is -2.18. The zero-order valence-electron chi connectivity index (χ0n) is 23.9. The first-order valence-electron chi connectivity index (χ1n) is 14.0. The second-order valence-corrected chi connectivity index (χ2v) is 10.1. The summed E-state index contributed by atoms with van der Waals surface area (Å²) in [5.74, 6) is -0.555. The number of para-hydroxylation sites is 1. The van der Waals surface area contributed by atoms with Gasteiger partial charge in [-0.05, 0) is 61.0 Å². The molecule has 1 aromatic heterocycles. The molecule has 9 nitrogen and oxygen atoms in total. The molecule has 1 atom stereocenters. The van der Waals surface area contributed by atoms with Gasteiger partial charge in [0, 0.05) is 35.2 Å². The molecule has 0 aliphatic heterocycles. The minimum Gasteiger partial charge on any atom is -0.493 e. The van der Waals surface area contributed by atoms with Gasteiger partial charge in [-0.25, -0.2) is 14.6 Å². The molecule has 0 saturated carbocycles. The van der Waals surface area contributed by atoms with Gasteiger partial charge in [-0.2, -0.15) is 0 Å². The molecule has 4 aromatic carbocycles. The lowest BCUT2D eigenvalue weighted by atomic mass is 9.99. The van der Waals surface area contributed by atoms with Crippen LogP contribution in [-0.4, -0.2) is 45.6 Å². The number of rotatable bonds is 13. The van der Waals surface area contributed by atoms with Gasteiger partial charge in [0.15, 0.2) is 5.78 Å². The van der Waals surface area contributed by atoms with Crippen LogP contribution in [0.1, 0.15) is 43.3 Å². The molecule has 1 unspecified atom stereocenters. The minimum atomic E-state index is -1.09. The first-order valence-corrected chi connectivity index (χ1v) is 14.0. The number of carbonyl (C=O) groups excluding carboxylic acids is 1. The molecule has 1 heterocycles. The average molecular weight is 591 g/mol. The summed E-state index contributed by atoms with van der Waals surface area (Å²) in [5.41, 5.74) is 3.52. The second kappa shape index (κ2) is 13.5. The number of aryl methyl sites for hydroxylation is 1. The van der Waals surface area contributed by atoms with Crippen molar-refractivity contribution in [2.45, 2.75) is 25.8 Å². The van der Waals surface area contributed by atoms with Crippen LogP contribution in [0.25, 0.3) is 11.5 Å². The average Bonchev–Trinajstić information content (AvgIpc) is 3.42. The van der Waals surface area contributed by atoms with Crippen LogP contribution >= 0.6 is 0 Å². The highest BCUT2D eigenvalue weighted by molar-refractivity contribution is 6.12. The Bertz CT molecular complexity index is 1760. The standard InChI is InChI=1S/C35H30N2O7/c1-22-29(37-33(44-22)25-7-3-2-4-8-25)19-20-43-27-17-11-23(12-18-27)21-31(35(41)42)36-30-10-6-5-9-28(30)32(38)24-13-15-26(16-14-24)34(39)40/h2-18,31,36H,19-21H2,1H3,(H,39,40)(H,41,42). The predicted molar refractivity (Wildman–Crippen MR) is 164 cm³/mol. The number of aliphatic carboxylic acids is 1. The number of nitrogens with zero attached hydrogens (tertiary/aromatic N) is 1. The summed E-state index contributed by atoms with van der Waals surface area (Å²) in [6.45, 7) is 2.27. The highest BCUT2D eigenvalue weighted by Crippen LogP contribution is 2.24. The van der Waals surface area contributed by atoms with Crippen molar-refractivity contribution in [2.75, 3.05) is 11.9 Å². The summed E-state index contributed by atoms with van der Waals surface area (Å²) >= 11 is 0. The summed E-state index contributed by atoms with van der Waals surface area (Å²) in [7, 11) is 0. The van der Waals surface area contributed by atoms with Crippen LogP contribution in [0.3, 0.4) is 0 Å². The van der Waals surface area contributed by atoms with Crippen molar-refractivity contribution in [3.05, 3.63) is 137 Å². The van der Waals surface area contributed by atoms with Crippen molar-refractivity contribution in [2.24, 2.45) is 0 Å². The van der Waals surface area contributed by atoms with Crippen molar-refractivity contribution in [3.63, 3.8) is 0 Å². The number of ketones is 1. The number of nitrogens with one attached hydrogen (secondary N) is 1. The van der Waals surface area contributed by atoms with Crippen molar-refractivity contribution < 1.29 is 33.8 Å². The molecule has 0 spiro atoms. The van der Waals surface area contributed by atoms with Gasteiger partial charge >= 0.3 is 11.9 Å². The summed E-state index contributed by atoms with van der Waals surface area (Å²) in [6, 6.07) is 28.1. The molecule has 0 saturated heterocycles. The number of carboxylic acids is 2. The molecule has 0 amide bonds. The minimum absolute atomic E-state index is 0.0674. The Morgan fingerprint density at radius 2 is 1.50 bits per heavy atom. The third-order valence-corrected chi connectivity index (χ3v) is 7.08. The van der Waals surface area contributed by atoms with Crippen molar-refractivity contribution in [1.29, 1.82) is 0 Å². The Kier molecular flexibility index (Phi) is 9.15. The third-order valence-electron chi connectivity index (χ3n) is 7.08. The summed E-state index contributed by atoms with van der Waals surface area (Å²) in [5, 5.41) is 22.1. The number of hydrogen-bond acceptors (Lipinski definition) is 7. The predicted octanol–water partition coefficient (Wildman–Crippen LogP) is 6.31. The van der Waals surface area contributed by atoms with Gasteiger partial charge in [-0.3, -0.25) is 4.79 Å². The fourth-order valence-corrected chi connectivity index (χ4v) is 4.70. The Balaban J connectivity index is 1.20. The molecule has 5 rings (SSSR count). The van der Waals surface area contributed by atoms with Crippen LogP contribution in [0.5, 0.6) is 5.75 Å². The van der Waals surface area contributed by atoms with Gasteiger partial charge in [-0.15, -0.1) is 0 Å². The second-order valence-electron chi connectivity index (χ2n) is 10.1. The van der Waals surface area contributed by atoms with E-state index in [1.54, 1.807) is 36.4 Å². The zero-order chi connectivity index (χ0) is 31.1. The van der Waals surface area contributed by atoms with E-state index in [2.05, 4.69) is 10.3 Å². The van der Waals surface area contributed by atoms with E-state index in [0.717, 1.165) is 22.6 Å². The van der Waals surface area contributed by atoms with Crippen LogP contribution in [0.15, 0.2) is 108 Å². The van der Waals surface area contributed by atoms with E-state index < -0.39 is 18.0 Å². The number of hydrogen-bond donors (Lipinski definition) is 3. The number of ether oxygens (including phenoxy) is 1. The third kappa shape index (κ3) is 7.19. The SMILES string of the molecule is Cc1oc(-c2ccccc2)nc1CCOc1ccc(CC(Nc2ccccc2C(=O)c2ccc(C(=O)O)cc2)C(=O)O)cc1. The van der Waals surface area contributed by atoms with Crippen LogP contribution in [0.2, 0.25) is 0 Å². The molecule has 9 heteroatoms. The molecular formula is C35H30N2O7. The molecule has 44 heavy (non-hydrogen) atoms. The number of anilines is 1. The molecule has 0 aliphatic carbocycles.